The number of benzene rings is 1. The van der Waals surface area contributed by atoms with Crippen LogP contribution in [0.5, 0.6) is 0 Å². The molecule has 1 unspecified atom stereocenters. The molecule has 0 heterocycles. The van der Waals surface area contributed by atoms with E-state index in [9.17, 15) is 26.7 Å². The predicted molar refractivity (Wildman–Crippen MR) is 64.2 cm³/mol. The minimum atomic E-state index is -2.26. The van der Waals surface area contributed by atoms with Crippen molar-refractivity contribution in [3.05, 3.63) is 29.1 Å². The van der Waals surface area contributed by atoms with E-state index in [1.54, 1.807) is 0 Å². The molecule has 0 bridgehead atoms. The van der Waals surface area contributed by atoms with Crippen LogP contribution in [0.2, 0.25) is 0 Å². The van der Waals surface area contributed by atoms with Crippen molar-refractivity contribution < 1.29 is 31.5 Å². The van der Waals surface area contributed by atoms with E-state index in [1.165, 1.54) is 14.0 Å². The normalized spacial score (nSPS) is 12.1. The summed E-state index contributed by atoms with van der Waals surface area (Å²) >= 11 is 0. The number of hydrogen-bond acceptors (Lipinski definition) is 3. The Hall–Kier alpha value is -1.90. The Bertz CT molecular complexity index is 510. The highest BCUT2D eigenvalue weighted by molar-refractivity contribution is 5.84. The molecule has 0 saturated carbocycles. The molecule has 0 radical (unpaired) electrons. The zero-order valence-corrected chi connectivity index (χ0v) is 11.2. The highest BCUT2D eigenvalue weighted by Gasteiger charge is 2.27. The molecule has 0 aliphatic rings. The summed E-state index contributed by atoms with van der Waals surface area (Å²) in [5, 5.41) is 4.31. The van der Waals surface area contributed by atoms with Gasteiger partial charge in [0.25, 0.3) is 0 Å². The standard InChI is InChI=1S/C12H13F5N2O2/c1-5(12(20)18-3-4-21-2)19-11-9(16)7(14)6(13)8(15)10(11)17/h5,19H,3-4H2,1-2H3,(H,18,20). The Morgan fingerprint density at radius 2 is 1.52 bits per heavy atom. The van der Waals surface area contributed by atoms with Gasteiger partial charge < -0.3 is 15.4 Å². The fourth-order valence-electron chi connectivity index (χ4n) is 1.44. The number of carbonyl (C=O) groups excluding carboxylic acids is 1. The average Bonchev–Trinajstić information content (AvgIpc) is 2.47. The summed E-state index contributed by atoms with van der Waals surface area (Å²) in [5.74, 6) is -11.2. The second-order valence-corrected chi connectivity index (χ2v) is 4.09. The molecule has 0 aromatic heterocycles. The summed E-state index contributed by atoms with van der Waals surface area (Å²) < 4.78 is 70.3. The van der Waals surface area contributed by atoms with Crippen molar-refractivity contribution in [2.24, 2.45) is 0 Å². The van der Waals surface area contributed by atoms with Crippen molar-refractivity contribution >= 4 is 11.6 Å². The fourth-order valence-corrected chi connectivity index (χ4v) is 1.44. The van der Waals surface area contributed by atoms with Gasteiger partial charge in [0.05, 0.1) is 6.61 Å². The molecule has 1 atom stereocenters. The molecular formula is C12H13F5N2O2. The molecule has 1 aromatic rings. The van der Waals surface area contributed by atoms with E-state index in [4.69, 9.17) is 0 Å². The van der Waals surface area contributed by atoms with Crippen molar-refractivity contribution in [1.82, 2.24) is 5.32 Å². The maximum atomic E-state index is 13.4. The summed E-state index contributed by atoms with van der Waals surface area (Å²) in [5.41, 5.74) is -1.25. The van der Waals surface area contributed by atoms with Crippen LogP contribution in [0, 0.1) is 29.1 Å². The molecule has 4 nitrogen and oxygen atoms in total. The molecule has 0 aliphatic carbocycles. The zero-order chi connectivity index (χ0) is 16.2. The Labute approximate surface area is 117 Å². The molecule has 0 fully saturated rings. The lowest BCUT2D eigenvalue weighted by Gasteiger charge is -2.17. The first-order valence-corrected chi connectivity index (χ1v) is 5.85. The molecular weight excluding hydrogens is 299 g/mol. The quantitative estimate of drug-likeness (QED) is 0.365. The number of methoxy groups -OCH3 is 1. The topological polar surface area (TPSA) is 50.4 Å². The highest BCUT2D eigenvalue weighted by Crippen LogP contribution is 2.27. The Balaban J connectivity index is 2.90. The number of carbonyl (C=O) groups is 1. The van der Waals surface area contributed by atoms with Gasteiger partial charge in [-0.25, -0.2) is 22.0 Å². The number of nitrogens with one attached hydrogen (secondary N) is 2. The largest absolute Gasteiger partial charge is 0.383 e. The first kappa shape index (κ1) is 17.2. The number of hydrogen-bond donors (Lipinski definition) is 2. The summed E-state index contributed by atoms with van der Waals surface area (Å²) in [6, 6.07) is -1.21. The van der Waals surface area contributed by atoms with Crippen molar-refractivity contribution in [2.75, 3.05) is 25.6 Å². The van der Waals surface area contributed by atoms with Gasteiger partial charge in [-0.3, -0.25) is 4.79 Å². The Morgan fingerprint density at radius 3 is 2.00 bits per heavy atom. The van der Waals surface area contributed by atoms with Crippen LogP contribution in [0.3, 0.4) is 0 Å². The minimum Gasteiger partial charge on any atom is -0.383 e. The van der Waals surface area contributed by atoms with E-state index in [2.05, 4.69) is 10.1 Å². The lowest BCUT2D eigenvalue weighted by atomic mass is 10.2. The van der Waals surface area contributed by atoms with Crippen LogP contribution in [0.4, 0.5) is 27.6 Å². The smallest absolute Gasteiger partial charge is 0.242 e. The van der Waals surface area contributed by atoms with Crippen molar-refractivity contribution in [3.8, 4) is 0 Å². The van der Waals surface area contributed by atoms with Gasteiger partial charge >= 0.3 is 0 Å². The SMILES string of the molecule is COCCNC(=O)C(C)Nc1c(F)c(F)c(F)c(F)c1F. The van der Waals surface area contributed by atoms with Gasteiger partial charge in [0.2, 0.25) is 11.7 Å². The zero-order valence-electron chi connectivity index (χ0n) is 11.2. The van der Waals surface area contributed by atoms with Gasteiger partial charge in [-0.1, -0.05) is 0 Å². The molecule has 9 heteroatoms. The second kappa shape index (κ2) is 7.21. The van der Waals surface area contributed by atoms with Crippen LogP contribution in [0.15, 0.2) is 0 Å². The predicted octanol–water partition coefficient (Wildman–Crippen LogP) is 1.95. The number of amides is 1. The van der Waals surface area contributed by atoms with Gasteiger partial charge in [0, 0.05) is 13.7 Å². The summed E-state index contributed by atoms with van der Waals surface area (Å²) in [4.78, 5) is 11.5. The van der Waals surface area contributed by atoms with Gasteiger partial charge in [-0.15, -0.1) is 0 Å². The van der Waals surface area contributed by atoms with E-state index >= 15 is 0 Å². The first-order chi connectivity index (χ1) is 9.81. The van der Waals surface area contributed by atoms with Gasteiger partial charge in [0.15, 0.2) is 23.3 Å². The Morgan fingerprint density at radius 1 is 1.05 bits per heavy atom. The van der Waals surface area contributed by atoms with Crippen LogP contribution in [0.25, 0.3) is 0 Å². The molecule has 118 valence electrons. The molecule has 1 amide bonds. The fraction of sp³-hybridized carbons (Fsp3) is 0.417. The number of halogens is 5. The van der Waals surface area contributed by atoms with Crippen molar-refractivity contribution in [3.63, 3.8) is 0 Å². The summed E-state index contributed by atoms with van der Waals surface area (Å²) in [6.07, 6.45) is 0. The minimum absolute atomic E-state index is 0.137. The first-order valence-electron chi connectivity index (χ1n) is 5.85. The number of rotatable bonds is 6. The molecule has 0 aliphatic heterocycles. The van der Waals surface area contributed by atoms with Crippen LogP contribution in [-0.4, -0.2) is 32.2 Å². The lowest BCUT2D eigenvalue weighted by Crippen LogP contribution is -2.39. The second-order valence-electron chi connectivity index (χ2n) is 4.09. The van der Waals surface area contributed by atoms with Crippen molar-refractivity contribution in [1.29, 1.82) is 0 Å². The number of anilines is 1. The van der Waals surface area contributed by atoms with Gasteiger partial charge in [0.1, 0.15) is 11.7 Å². The van der Waals surface area contributed by atoms with Crippen LogP contribution in [0.1, 0.15) is 6.92 Å². The molecule has 1 aromatic carbocycles. The van der Waals surface area contributed by atoms with Crippen LogP contribution in [-0.2, 0) is 9.53 Å². The lowest BCUT2D eigenvalue weighted by molar-refractivity contribution is -0.121. The van der Waals surface area contributed by atoms with E-state index in [0.29, 0.717) is 0 Å². The monoisotopic (exact) mass is 312 g/mol. The molecule has 21 heavy (non-hydrogen) atoms. The van der Waals surface area contributed by atoms with Gasteiger partial charge in [-0.05, 0) is 6.92 Å². The van der Waals surface area contributed by atoms with E-state index in [-0.39, 0.29) is 13.2 Å². The Kier molecular flexibility index (Phi) is 5.89. The number of ether oxygens (including phenoxy) is 1. The highest BCUT2D eigenvalue weighted by atomic mass is 19.2. The van der Waals surface area contributed by atoms with Crippen LogP contribution < -0.4 is 10.6 Å². The third-order valence-corrected chi connectivity index (χ3v) is 2.57. The third kappa shape index (κ3) is 3.81. The van der Waals surface area contributed by atoms with Crippen LogP contribution >= 0.6 is 0 Å². The van der Waals surface area contributed by atoms with Gasteiger partial charge in [-0.2, -0.15) is 0 Å². The molecule has 1 rings (SSSR count). The molecule has 0 saturated heterocycles. The summed E-state index contributed by atoms with van der Waals surface area (Å²) in [7, 11) is 1.41. The molecule has 0 spiro atoms. The van der Waals surface area contributed by atoms with E-state index < -0.39 is 46.7 Å². The van der Waals surface area contributed by atoms with E-state index in [0.717, 1.165) is 0 Å². The maximum Gasteiger partial charge on any atom is 0.242 e. The average molecular weight is 312 g/mol. The third-order valence-electron chi connectivity index (χ3n) is 2.57. The maximum absolute atomic E-state index is 13.4. The van der Waals surface area contributed by atoms with Crippen molar-refractivity contribution in [2.45, 2.75) is 13.0 Å². The summed E-state index contributed by atoms with van der Waals surface area (Å²) in [6.45, 7) is 1.56. The molecule has 2 N–H and O–H groups in total. The van der Waals surface area contributed by atoms with E-state index in [1.807, 2.05) is 5.32 Å².